The van der Waals surface area contributed by atoms with Gasteiger partial charge in [-0.1, -0.05) is 17.3 Å². The highest BCUT2D eigenvalue weighted by molar-refractivity contribution is 5.86. The van der Waals surface area contributed by atoms with Crippen molar-refractivity contribution in [1.29, 1.82) is 0 Å². The van der Waals surface area contributed by atoms with Crippen LogP contribution in [0.4, 0.5) is 0 Å². The Morgan fingerprint density at radius 2 is 2.23 bits per heavy atom. The minimum Gasteiger partial charge on any atom is -0.469 e. The van der Waals surface area contributed by atoms with Crippen molar-refractivity contribution in [2.24, 2.45) is 0 Å². The number of hydrogen-bond donors (Lipinski definition) is 1. The summed E-state index contributed by atoms with van der Waals surface area (Å²) >= 11 is 0. The van der Waals surface area contributed by atoms with Gasteiger partial charge in [0.1, 0.15) is 11.5 Å². The van der Waals surface area contributed by atoms with Crippen molar-refractivity contribution < 1.29 is 13.7 Å². The van der Waals surface area contributed by atoms with Crippen LogP contribution in [0.25, 0.3) is 11.0 Å². The molecule has 1 atom stereocenters. The molecule has 0 radical (unpaired) electrons. The van der Waals surface area contributed by atoms with E-state index in [-0.39, 0.29) is 18.4 Å². The molecule has 1 N–H and O–H groups in total. The first kappa shape index (κ1) is 13.1. The zero-order valence-electron chi connectivity index (χ0n) is 12.0. The van der Waals surface area contributed by atoms with E-state index < -0.39 is 0 Å². The fourth-order valence-corrected chi connectivity index (χ4v) is 3.10. The van der Waals surface area contributed by atoms with Gasteiger partial charge < -0.3 is 14.3 Å². The highest BCUT2D eigenvalue weighted by atomic mass is 16.5. The first-order valence-corrected chi connectivity index (χ1v) is 7.50. The number of fused-ring (bicyclic) bond motifs is 2. The van der Waals surface area contributed by atoms with E-state index in [1.54, 1.807) is 6.26 Å². The van der Waals surface area contributed by atoms with Crippen LogP contribution in [0.15, 0.2) is 45.5 Å². The summed E-state index contributed by atoms with van der Waals surface area (Å²) in [7, 11) is 0. The van der Waals surface area contributed by atoms with Crippen LogP contribution in [0, 0.1) is 0 Å². The number of aromatic nitrogens is 1. The summed E-state index contributed by atoms with van der Waals surface area (Å²) in [6, 6.07) is 9.56. The topological polar surface area (TPSA) is 68.3 Å². The van der Waals surface area contributed by atoms with Crippen LogP contribution in [0.1, 0.15) is 35.9 Å². The van der Waals surface area contributed by atoms with Crippen molar-refractivity contribution in [1.82, 2.24) is 10.5 Å². The lowest BCUT2D eigenvalue weighted by atomic mass is 9.93. The highest BCUT2D eigenvalue weighted by Gasteiger charge is 2.24. The second-order valence-electron chi connectivity index (χ2n) is 5.61. The minimum absolute atomic E-state index is 0.0353. The van der Waals surface area contributed by atoms with Gasteiger partial charge in [0.15, 0.2) is 5.58 Å². The molecule has 0 saturated carbocycles. The van der Waals surface area contributed by atoms with Crippen LogP contribution in [-0.2, 0) is 17.6 Å². The lowest BCUT2D eigenvalue weighted by Crippen LogP contribution is -2.31. The van der Waals surface area contributed by atoms with Crippen molar-refractivity contribution >= 4 is 16.9 Å². The molecule has 0 saturated heterocycles. The number of para-hydroxylation sites is 1. The van der Waals surface area contributed by atoms with Gasteiger partial charge in [-0.3, -0.25) is 4.79 Å². The van der Waals surface area contributed by atoms with Crippen LogP contribution < -0.4 is 5.32 Å². The molecule has 0 spiro atoms. The molecule has 22 heavy (non-hydrogen) atoms. The molecule has 5 nitrogen and oxygen atoms in total. The van der Waals surface area contributed by atoms with Gasteiger partial charge in [0.05, 0.1) is 18.7 Å². The molecule has 3 aromatic rings. The summed E-state index contributed by atoms with van der Waals surface area (Å²) < 4.78 is 10.7. The number of benzene rings is 1. The first-order valence-electron chi connectivity index (χ1n) is 7.50. The predicted molar refractivity (Wildman–Crippen MR) is 80.2 cm³/mol. The van der Waals surface area contributed by atoms with Gasteiger partial charge in [-0.05, 0) is 31.0 Å². The monoisotopic (exact) mass is 296 g/mol. The number of nitrogens with one attached hydrogen (secondary N) is 1. The average molecular weight is 296 g/mol. The fourth-order valence-electron chi connectivity index (χ4n) is 3.10. The van der Waals surface area contributed by atoms with Gasteiger partial charge in [-0.15, -0.1) is 0 Å². The zero-order chi connectivity index (χ0) is 14.9. The number of carbonyl (C=O) groups excluding carboxylic acids is 1. The Bertz CT molecular complexity index is 818. The Kier molecular flexibility index (Phi) is 3.18. The molecule has 0 bridgehead atoms. The maximum absolute atomic E-state index is 12.3. The second-order valence-corrected chi connectivity index (χ2v) is 5.61. The molecular formula is C17H16N2O3. The summed E-state index contributed by atoms with van der Waals surface area (Å²) in [5.74, 6) is 0.946. The van der Waals surface area contributed by atoms with E-state index >= 15 is 0 Å². The molecule has 1 aromatic carbocycles. The van der Waals surface area contributed by atoms with E-state index in [0.717, 1.165) is 36.0 Å². The third-order valence-corrected chi connectivity index (χ3v) is 4.17. The molecule has 2 aromatic heterocycles. The third-order valence-electron chi connectivity index (χ3n) is 4.17. The third kappa shape index (κ3) is 2.28. The maximum Gasteiger partial charge on any atom is 0.226 e. The Morgan fingerprint density at radius 3 is 3.18 bits per heavy atom. The van der Waals surface area contributed by atoms with Gasteiger partial charge >= 0.3 is 0 Å². The molecular weight excluding hydrogens is 280 g/mol. The Balaban J connectivity index is 1.50. The normalized spacial score (nSPS) is 17.4. The summed E-state index contributed by atoms with van der Waals surface area (Å²) in [6.45, 7) is 0. The number of amides is 1. The van der Waals surface area contributed by atoms with Gasteiger partial charge in [-0.2, -0.15) is 0 Å². The molecule has 1 aliphatic rings. The van der Waals surface area contributed by atoms with E-state index in [2.05, 4.69) is 10.5 Å². The number of nitrogens with zero attached hydrogens (tertiary/aromatic N) is 1. The SMILES string of the molecule is O=C(Cc1noc2ccccc12)N[C@@H]1CCCc2occc21. The van der Waals surface area contributed by atoms with Crippen molar-refractivity contribution in [2.45, 2.75) is 31.7 Å². The Morgan fingerprint density at radius 1 is 1.32 bits per heavy atom. The molecule has 0 fully saturated rings. The summed E-state index contributed by atoms with van der Waals surface area (Å²) in [5, 5.41) is 7.99. The molecule has 0 unspecified atom stereocenters. The van der Waals surface area contributed by atoms with Gasteiger partial charge in [0.2, 0.25) is 5.91 Å². The van der Waals surface area contributed by atoms with E-state index in [0.29, 0.717) is 11.3 Å². The predicted octanol–water partition coefficient (Wildman–Crippen LogP) is 3.16. The van der Waals surface area contributed by atoms with Gasteiger partial charge in [-0.25, -0.2) is 0 Å². The minimum atomic E-state index is -0.0434. The summed E-state index contributed by atoms with van der Waals surface area (Å²) in [5.41, 5.74) is 2.49. The number of hydrogen-bond acceptors (Lipinski definition) is 4. The lowest BCUT2D eigenvalue weighted by molar-refractivity contribution is -0.121. The summed E-state index contributed by atoms with van der Waals surface area (Å²) in [6.07, 6.45) is 4.83. The highest BCUT2D eigenvalue weighted by Crippen LogP contribution is 2.30. The number of carbonyl (C=O) groups is 1. The standard InChI is InChI=1S/C17H16N2O3/c20-17(10-14-11-4-1-2-6-16(11)22-19-14)18-13-5-3-7-15-12(13)8-9-21-15/h1-2,4,6,8-9,13H,3,5,7,10H2,(H,18,20)/t13-/m1/s1. The van der Waals surface area contributed by atoms with Crippen LogP contribution in [-0.4, -0.2) is 11.1 Å². The van der Waals surface area contributed by atoms with Gasteiger partial charge in [0, 0.05) is 17.4 Å². The average Bonchev–Trinajstić information content (AvgIpc) is 3.15. The quantitative estimate of drug-likeness (QED) is 0.806. The molecule has 1 aliphatic carbocycles. The largest absolute Gasteiger partial charge is 0.469 e. The number of aryl methyl sites for hydroxylation is 1. The molecule has 5 heteroatoms. The van der Waals surface area contributed by atoms with Crippen LogP contribution >= 0.6 is 0 Å². The number of rotatable bonds is 3. The van der Waals surface area contributed by atoms with Crippen molar-refractivity contribution in [2.75, 3.05) is 0 Å². The van der Waals surface area contributed by atoms with E-state index in [1.165, 1.54) is 0 Å². The molecule has 0 aliphatic heterocycles. The van der Waals surface area contributed by atoms with E-state index in [4.69, 9.17) is 8.94 Å². The van der Waals surface area contributed by atoms with Crippen molar-refractivity contribution in [3.05, 3.63) is 53.6 Å². The van der Waals surface area contributed by atoms with E-state index in [1.807, 2.05) is 30.3 Å². The lowest BCUT2D eigenvalue weighted by Gasteiger charge is -2.22. The van der Waals surface area contributed by atoms with Crippen molar-refractivity contribution in [3.63, 3.8) is 0 Å². The molecule has 2 heterocycles. The zero-order valence-corrected chi connectivity index (χ0v) is 12.0. The smallest absolute Gasteiger partial charge is 0.226 e. The maximum atomic E-state index is 12.3. The molecule has 112 valence electrons. The Labute approximate surface area is 127 Å². The molecule has 1 amide bonds. The van der Waals surface area contributed by atoms with Gasteiger partial charge in [0.25, 0.3) is 0 Å². The van der Waals surface area contributed by atoms with E-state index in [9.17, 15) is 4.79 Å². The van der Waals surface area contributed by atoms with Crippen LogP contribution in [0.3, 0.4) is 0 Å². The van der Waals surface area contributed by atoms with Crippen LogP contribution in [0.5, 0.6) is 0 Å². The fraction of sp³-hybridized carbons (Fsp3) is 0.294. The van der Waals surface area contributed by atoms with Crippen LogP contribution in [0.2, 0.25) is 0 Å². The second kappa shape index (κ2) is 5.33. The summed E-state index contributed by atoms with van der Waals surface area (Å²) in [4.78, 5) is 12.3. The number of furan rings is 1. The van der Waals surface area contributed by atoms with Crippen molar-refractivity contribution in [3.8, 4) is 0 Å². The first-order chi connectivity index (χ1) is 10.8. The Hall–Kier alpha value is -2.56. The molecule has 4 rings (SSSR count).